The summed E-state index contributed by atoms with van der Waals surface area (Å²) in [6.45, 7) is 6.59. The first-order valence-electron chi connectivity index (χ1n) is 9.14. The van der Waals surface area contributed by atoms with Gasteiger partial charge in [-0.25, -0.2) is 8.42 Å². The van der Waals surface area contributed by atoms with Gasteiger partial charge in [0.15, 0.2) is 0 Å². The average molecular weight is 383 g/mol. The van der Waals surface area contributed by atoms with Gasteiger partial charge in [0.05, 0.1) is 23.7 Å². The van der Waals surface area contributed by atoms with Crippen LogP contribution in [0.5, 0.6) is 0 Å². The Morgan fingerprint density at radius 1 is 1.23 bits per heavy atom. The Balaban J connectivity index is 1.96. The van der Waals surface area contributed by atoms with Crippen LogP contribution in [0.15, 0.2) is 24.3 Å². The average Bonchev–Trinajstić information content (AvgIpc) is 2.53. The number of carbonyl (C=O) groups is 1. The molecule has 1 amide bonds. The third kappa shape index (κ3) is 6.29. The van der Waals surface area contributed by atoms with Crippen molar-refractivity contribution in [2.24, 2.45) is 17.8 Å². The van der Waals surface area contributed by atoms with Gasteiger partial charge in [-0.05, 0) is 42.7 Å². The van der Waals surface area contributed by atoms with E-state index in [1.165, 1.54) is 6.42 Å². The van der Waals surface area contributed by atoms with E-state index < -0.39 is 10.0 Å². The summed E-state index contributed by atoms with van der Waals surface area (Å²) >= 11 is 0. The SMILES string of the molecule is CC1CCC(C(C)C)C(OCC(=O)Nc2ccccc2NS(C)(=O)=O)C1. The summed E-state index contributed by atoms with van der Waals surface area (Å²) in [6.07, 6.45) is 4.48. The Hall–Kier alpha value is -1.60. The minimum absolute atomic E-state index is 0.0339. The van der Waals surface area contributed by atoms with Crippen LogP contribution in [-0.4, -0.2) is 33.3 Å². The highest BCUT2D eigenvalue weighted by atomic mass is 32.2. The highest BCUT2D eigenvalue weighted by Gasteiger charge is 2.31. The summed E-state index contributed by atoms with van der Waals surface area (Å²) in [5, 5.41) is 2.74. The van der Waals surface area contributed by atoms with Crippen LogP contribution in [0.4, 0.5) is 11.4 Å². The molecule has 1 saturated carbocycles. The van der Waals surface area contributed by atoms with Crippen molar-refractivity contribution in [1.82, 2.24) is 0 Å². The molecule has 0 aliphatic heterocycles. The minimum Gasteiger partial charge on any atom is -0.368 e. The second kappa shape index (κ2) is 8.86. The third-order valence-corrected chi connectivity index (χ3v) is 5.48. The van der Waals surface area contributed by atoms with Crippen molar-refractivity contribution in [3.05, 3.63) is 24.3 Å². The number of benzene rings is 1. The fraction of sp³-hybridized carbons (Fsp3) is 0.632. The molecule has 1 aliphatic rings. The van der Waals surface area contributed by atoms with Crippen molar-refractivity contribution in [2.75, 3.05) is 22.9 Å². The number of ether oxygens (including phenoxy) is 1. The summed E-state index contributed by atoms with van der Waals surface area (Å²) in [5.41, 5.74) is 0.763. The highest BCUT2D eigenvalue weighted by molar-refractivity contribution is 7.92. The van der Waals surface area contributed by atoms with E-state index in [4.69, 9.17) is 4.74 Å². The first-order chi connectivity index (χ1) is 12.2. The quantitative estimate of drug-likeness (QED) is 0.756. The van der Waals surface area contributed by atoms with E-state index in [0.717, 1.165) is 19.1 Å². The number of nitrogens with one attached hydrogen (secondary N) is 2. The van der Waals surface area contributed by atoms with Crippen LogP contribution in [0, 0.1) is 17.8 Å². The van der Waals surface area contributed by atoms with E-state index in [2.05, 4.69) is 30.8 Å². The molecular weight excluding hydrogens is 352 g/mol. The van der Waals surface area contributed by atoms with Gasteiger partial charge < -0.3 is 10.1 Å². The Bertz CT molecular complexity index is 718. The van der Waals surface area contributed by atoms with Gasteiger partial charge in [0.2, 0.25) is 15.9 Å². The van der Waals surface area contributed by atoms with Gasteiger partial charge >= 0.3 is 0 Å². The van der Waals surface area contributed by atoms with Gasteiger partial charge in [-0.1, -0.05) is 39.3 Å². The number of para-hydroxylation sites is 2. The summed E-state index contributed by atoms with van der Waals surface area (Å²) < 4.78 is 31.3. The second-order valence-corrected chi connectivity index (χ2v) is 9.39. The fourth-order valence-electron chi connectivity index (χ4n) is 3.56. The smallest absolute Gasteiger partial charge is 0.250 e. The monoisotopic (exact) mass is 382 g/mol. The van der Waals surface area contributed by atoms with Crippen molar-refractivity contribution in [1.29, 1.82) is 0 Å². The maximum atomic E-state index is 12.3. The Kier molecular flexibility index (Phi) is 7.06. The Labute approximate surface area is 156 Å². The molecule has 1 aromatic rings. The normalized spacial score (nSPS) is 23.7. The minimum atomic E-state index is -3.42. The predicted octanol–water partition coefficient (Wildman–Crippen LogP) is 3.47. The zero-order chi connectivity index (χ0) is 19.3. The molecule has 0 saturated heterocycles. The van der Waals surface area contributed by atoms with Gasteiger partial charge in [0.25, 0.3) is 0 Å². The van der Waals surface area contributed by atoms with Gasteiger partial charge in [-0.3, -0.25) is 9.52 Å². The van der Waals surface area contributed by atoms with Crippen LogP contribution < -0.4 is 10.0 Å². The standard InChI is InChI=1S/C19H30N2O4S/c1-13(2)15-10-9-14(3)11-18(15)25-12-19(22)20-16-7-5-6-8-17(16)21-26(4,23)24/h5-8,13-15,18,21H,9-12H2,1-4H3,(H,20,22). The van der Waals surface area contributed by atoms with Crippen molar-refractivity contribution < 1.29 is 17.9 Å². The van der Waals surface area contributed by atoms with E-state index in [1.807, 2.05) is 0 Å². The summed E-state index contributed by atoms with van der Waals surface area (Å²) in [4.78, 5) is 12.3. The number of carbonyl (C=O) groups excluding carboxylic acids is 1. The van der Waals surface area contributed by atoms with Crippen LogP contribution in [0.25, 0.3) is 0 Å². The Morgan fingerprint density at radius 3 is 2.50 bits per heavy atom. The van der Waals surface area contributed by atoms with E-state index >= 15 is 0 Å². The van der Waals surface area contributed by atoms with Crippen molar-refractivity contribution >= 4 is 27.3 Å². The van der Waals surface area contributed by atoms with Gasteiger partial charge in [0, 0.05) is 0 Å². The lowest BCUT2D eigenvalue weighted by atomic mass is 9.75. The molecule has 0 radical (unpaired) electrons. The molecular formula is C19H30N2O4S. The first kappa shape index (κ1) is 20.7. The molecule has 0 bridgehead atoms. The van der Waals surface area contributed by atoms with E-state index in [0.29, 0.717) is 29.1 Å². The number of rotatable bonds is 7. The van der Waals surface area contributed by atoms with Crippen LogP contribution in [0.1, 0.15) is 40.0 Å². The van der Waals surface area contributed by atoms with E-state index in [1.54, 1.807) is 24.3 Å². The summed E-state index contributed by atoms with van der Waals surface area (Å²) in [5.74, 6) is 1.32. The lowest BCUT2D eigenvalue weighted by Gasteiger charge is -2.37. The molecule has 7 heteroatoms. The van der Waals surface area contributed by atoms with Crippen molar-refractivity contribution in [2.45, 2.75) is 46.1 Å². The maximum absolute atomic E-state index is 12.3. The summed E-state index contributed by atoms with van der Waals surface area (Å²) in [6, 6.07) is 6.71. The zero-order valence-electron chi connectivity index (χ0n) is 16.0. The van der Waals surface area contributed by atoms with E-state index in [9.17, 15) is 13.2 Å². The van der Waals surface area contributed by atoms with Gasteiger partial charge in [-0.15, -0.1) is 0 Å². The van der Waals surface area contributed by atoms with Crippen molar-refractivity contribution in [3.63, 3.8) is 0 Å². The predicted molar refractivity (Wildman–Crippen MR) is 105 cm³/mol. The molecule has 1 fully saturated rings. The van der Waals surface area contributed by atoms with E-state index in [-0.39, 0.29) is 18.6 Å². The largest absolute Gasteiger partial charge is 0.368 e. The lowest BCUT2D eigenvalue weighted by Crippen LogP contribution is -2.36. The maximum Gasteiger partial charge on any atom is 0.250 e. The lowest BCUT2D eigenvalue weighted by molar-refractivity contribution is -0.126. The molecule has 1 aromatic carbocycles. The molecule has 3 atom stereocenters. The molecule has 26 heavy (non-hydrogen) atoms. The van der Waals surface area contributed by atoms with Gasteiger partial charge in [0.1, 0.15) is 6.61 Å². The first-order valence-corrected chi connectivity index (χ1v) is 11.0. The topological polar surface area (TPSA) is 84.5 Å². The van der Waals surface area contributed by atoms with Gasteiger partial charge in [-0.2, -0.15) is 0 Å². The second-order valence-electron chi connectivity index (χ2n) is 7.64. The molecule has 2 N–H and O–H groups in total. The molecule has 2 rings (SSSR count). The van der Waals surface area contributed by atoms with Crippen LogP contribution in [0.3, 0.4) is 0 Å². The molecule has 0 heterocycles. The zero-order valence-corrected chi connectivity index (χ0v) is 16.8. The molecule has 1 aliphatic carbocycles. The number of hydrogen-bond acceptors (Lipinski definition) is 4. The van der Waals surface area contributed by atoms with Crippen LogP contribution in [0.2, 0.25) is 0 Å². The molecule has 0 aromatic heterocycles. The third-order valence-electron chi connectivity index (χ3n) is 4.89. The molecule has 3 unspecified atom stereocenters. The Morgan fingerprint density at radius 2 is 1.88 bits per heavy atom. The molecule has 146 valence electrons. The van der Waals surface area contributed by atoms with Crippen molar-refractivity contribution in [3.8, 4) is 0 Å². The fourth-order valence-corrected chi connectivity index (χ4v) is 4.13. The molecule has 6 nitrogen and oxygen atoms in total. The number of sulfonamides is 1. The van der Waals surface area contributed by atoms with Crippen LogP contribution in [-0.2, 0) is 19.6 Å². The number of amides is 1. The number of anilines is 2. The number of hydrogen-bond donors (Lipinski definition) is 2. The summed E-state index contributed by atoms with van der Waals surface area (Å²) in [7, 11) is -3.42. The highest BCUT2D eigenvalue weighted by Crippen LogP contribution is 2.35. The molecule has 0 spiro atoms. The van der Waals surface area contributed by atoms with Crippen LogP contribution >= 0.6 is 0 Å².